The van der Waals surface area contributed by atoms with Gasteiger partial charge in [-0.2, -0.15) is 0 Å². The Hall–Kier alpha value is -1.14. The smallest absolute Gasteiger partial charge is 0.283 e. The van der Waals surface area contributed by atoms with E-state index in [4.69, 9.17) is 11.6 Å². The number of likely N-dealkylation sites (tertiary alicyclic amines) is 1. The number of nitro benzene ring substituents is 1. The van der Waals surface area contributed by atoms with E-state index < -0.39 is 4.92 Å². The highest BCUT2D eigenvalue weighted by atomic mass is 79.9. The summed E-state index contributed by atoms with van der Waals surface area (Å²) >= 11 is 9.20. The van der Waals surface area contributed by atoms with E-state index >= 15 is 0 Å². The first-order valence-corrected chi connectivity index (χ1v) is 8.35. The average Bonchev–Trinajstić information content (AvgIpc) is 2.47. The molecular weight excluding hydrogens is 360 g/mol. The van der Waals surface area contributed by atoms with Crippen molar-refractivity contribution < 1.29 is 9.72 Å². The van der Waals surface area contributed by atoms with E-state index in [1.54, 1.807) is 4.90 Å². The maximum absolute atomic E-state index is 12.7. The lowest BCUT2D eigenvalue weighted by Gasteiger charge is -2.35. The summed E-state index contributed by atoms with van der Waals surface area (Å²) in [7, 11) is 0. The highest BCUT2D eigenvalue weighted by Crippen LogP contribution is 2.28. The third-order valence-electron chi connectivity index (χ3n) is 3.72. The molecule has 2 rings (SSSR count). The van der Waals surface area contributed by atoms with Gasteiger partial charge in [0.05, 0.1) is 4.92 Å². The monoisotopic (exact) mass is 374 g/mol. The largest absolute Gasteiger partial charge is 0.335 e. The minimum Gasteiger partial charge on any atom is -0.335 e. The van der Waals surface area contributed by atoms with Crippen LogP contribution in [0.2, 0.25) is 5.02 Å². The molecule has 0 N–H and O–H groups in total. The van der Waals surface area contributed by atoms with E-state index in [1.807, 2.05) is 0 Å². The highest BCUT2D eigenvalue weighted by molar-refractivity contribution is 9.09. The first kappa shape index (κ1) is 16.2. The molecule has 1 aliphatic heterocycles. The summed E-state index contributed by atoms with van der Waals surface area (Å²) in [6, 6.07) is 4.34. The molecule has 0 aliphatic carbocycles. The maximum Gasteiger partial charge on any atom is 0.283 e. The molecule has 0 saturated carbocycles. The van der Waals surface area contributed by atoms with Gasteiger partial charge in [-0.1, -0.05) is 27.5 Å². The van der Waals surface area contributed by atoms with Crippen LogP contribution in [-0.4, -0.2) is 33.6 Å². The number of carbonyl (C=O) groups is 1. The molecule has 0 bridgehead atoms. The number of alkyl halides is 1. The number of piperidine rings is 1. The Morgan fingerprint density at radius 1 is 1.48 bits per heavy atom. The van der Waals surface area contributed by atoms with Gasteiger partial charge in [0.15, 0.2) is 0 Å². The van der Waals surface area contributed by atoms with Gasteiger partial charge in [0.25, 0.3) is 11.6 Å². The zero-order chi connectivity index (χ0) is 15.4. The SMILES string of the molecule is O=C(c1ccc(Cl)cc1[N+](=O)[O-])N1CCCCC1CCBr. The lowest BCUT2D eigenvalue weighted by atomic mass is 9.98. The van der Waals surface area contributed by atoms with Crippen molar-refractivity contribution in [3.05, 3.63) is 38.9 Å². The summed E-state index contributed by atoms with van der Waals surface area (Å²) in [5.41, 5.74) is -0.110. The molecule has 21 heavy (non-hydrogen) atoms. The second-order valence-corrected chi connectivity index (χ2v) is 6.27. The Labute approximate surface area is 136 Å². The topological polar surface area (TPSA) is 63.4 Å². The van der Waals surface area contributed by atoms with E-state index in [1.165, 1.54) is 18.2 Å². The standard InChI is InChI=1S/C14H16BrClN2O3/c15-7-6-11-3-1-2-8-17(11)14(19)12-5-4-10(16)9-13(12)18(20)21/h4-5,9,11H,1-3,6-8H2. The molecule has 1 saturated heterocycles. The van der Waals surface area contributed by atoms with Gasteiger partial charge in [-0.15, -0.1) is 0 Å². The van der Waals surface area contributed by atoms with Gasteiger partial charge in [-0.3, -0.25) is 14.9 Å². The van der Waals surface area contributed by atoms with Gasteiger partial charge in [0, 0.05) is 29.0 Å². The van der Waals surface area contributed by atoms with E-state index in [0.717, 1.165) is 31.0 Å². The molecule has 1 aromatic rings. The Bertz CT molecular complexity index is 551. The van der Waals surface area contributed by atoms with Crippen LogP contribution in [0.3, 0.4) is 0 Å². The van der Waals surface area contributed by atoms with Gasteiger partial charge in [0.2, 0.25) is 0 Å². The van der Waals surface area contributed by atoms with Crippen LogP contribution >= 0.6 is 27.5 Å². The van der Waals surface area contributed by atoms with E-state index in [9.17, 15) is 14.9 Å². The zero-order valence-electron chi connectivity index (χ0n) is 11.4. The number of hydrogen-bond acceptors (Lipinski definition) is 3. The second-order valence-electron chi connectivity index (χ2n) is 5.04. The number of rotatable bonds is 4. The predicted molar refractivity (Wildman–Crippen MR) is 85.2 cm³/mol. The van der Waals surface area contributed by atoms with Crippen molar-refractivity contribution in [2.75, 3.05) is 11.9 Å². The predicted octanol–water partition coefficient (Wildman–Crippen LogP) is 4.03. The van der Waals surface area contributed by atoms with Crippen LogP contribution in [0.4, 0.5) is 5.69 Å². The van der Waals surface area contributed by atoms with Gasteiger partial charge < -0.3 is 4.90 Å². The molecule has 114 valence electrons. The van der Waals surface area contributed by atoms with Crippen LogP contribution in [0.5, 0.6) is 0 Å². The van der Waals surface area contributed by atoms with Crippen LogP contribution in [-0.2, 0) is 0 Å². The van der Waals surface area contributed by atoms with Crippen molar-refractivity contribution in [3.63, 3.8) is 0 Å². The second kappa shape index (κ2) is 7.22. The average molecular weight is 376 g/mol. The number of carbonyl (C=O) groups excluding carboxylic acids is 1. The molecule has 1 fully saturated rings. The summed E-state index contributed by atoms with van der Waals surface area (Å²) in [5.74, 6) is -0.274. The molecule has 7 heteroatoms. The summed E-state index contributed by atoms with van der Waals surface area (Å²) in [6.07, 6.45) is 3.82. The number of nitro groups is 1. The summed E-state index contributed by atoms with van der Waals surface area (Å²) in [6.45, 7) is 0.649. The summed E-state index contributed by atoms with van der Waals surface area (Å²) in [4.78, 5) is 25.0. The normalized spacial score (nSPS) is 18.6. The fraction of sp³-hybridized carbons (Fsp3) is 0.500. The minimum atomic E-state index is -0.553. The van der Waals surface area contributed by atoms with Gasteiger partial charge in [-0.05, 0) is 37.8 Å². The number of benzene rings is 1. The Balaban J connectivity index is 2.32. The zero-order valence-corrected chi connectivity index (χ0v) is 13.8. The fourth-order valence-corrected chi connectivity index (χ4v) is 3.38. The Morgan fingerprint density at radius 3 is 2.90 bits per heavy atom. The van der Waals surface area contributed by atoms with Crippen molar-refractivity contribution in [1.82, 2.24) is 4.90 Å². The van der Waals surface area contributed by atoms with Crippen LogP contribution < -0.4 is 0 Å². The molecule has 0 radical (unpaired) electrons. The number of halogens is 2. The highest BCUT2D eigenvalue weighted by Gasteiger charge is 2.31. The number of nitrogens with zero attached hydrogens (tertiary/aromatic N) is 2. The number of hydrogen-bond donors (Lipinski definition) is 0. The van der Waals surface area contributed by atoms with Crippen molar-refractivity contribution >= 4 is 39.1 Å². The van der Waals surface area contributed by atoms with Crippen molar-refractivity contribution in [2.24, 2.45) is 0 Å². The van der Waals surface area contributed by atoms with Gasteiger partial charge in [0.1, 0.15) is 5.56 Å². The van der Waals surface area contributed by atoms with Crippen molar-refractivity contribution in [3.8, 4) is 0 Å². The first-order chi connectivity index (χ1) is 10.0. The third kappa shape index (κ3) is 3.74. The maximum atomic E-state index is 12.7. The lowest BCUT2D eigenvalue weighted by Crippen LogP contribution is -2.44. The van der Waals surface area contributed by atoms with Crippen molar-refractivity contribution in [1.29, 1.82) is 0 Å². The molecule has 1 aromatic carbocycles. The van der Waals surface area contributed by atoms with E-state index in [2.05, 4.69) is 15.9 Å². The van der Waals surface area contributed by atoms with E-state index in [-0.39, 0.29) is 28.2 Å². The van der Waals surface area contributed by atoms with Crippen LogP contribution in [0.15, 0.2) is 18.2 Å². The number of amides is 1. The molecule has 0 spiro atoms. The van der Waals surface area contributed by atoms with Gasteiger partial charge >= 0.3 is 0 Å². The molecule has 5 nitrogen and oxygen atoms in total. The van der Waals surface area contributed by atoms with Crippen LogP contribution in [0, 0.1) is 10.1 Å². The minimum absolute atomic E-state index is 0.117. The lowest BCUT2D eigenvalue weighted by molar-refractivity contribution is -0.385. The molecular formula is C14H16BrClN2O3. The molecule has 1 atom stereocenters. The molecule has 0 aromatic heterocycles. The summed E-state index contributed by atoms with van der Waals surface area (Å²) < 4.78 is 0. The molecule has 1 amide bonds. The molecule has 1 aliphatic rings. The van der Waals surface area contributed by atoms with Crippen LogP contribution in [0.1, 0.15) is 36.0 Å². The third-order valence-corrected chi connectivity index (χ3v) is 4.41. The summed E-state index contributed by atoms with van der Waals surface area (Å²) in [5, 5.41) is 12.2. The molecule has 1 heterocycles. The van der Waals surface area contributed by atoms with Crippen molar-refractivity contribution in [2.45, 2.75) is 31.7 Å². The fourth-order valence-electron chi connectivity index (χ4n) is 2.69. The Morgan fingerprint density at radius 2 is 2.24 bits per heavy atom. The quantitative estimate of drug-likeness (QED) is 0.453. The Kier molecular flexibility index (Phi) is 5.58. The van der Waals surface area contributed by atoms with Crippen LogP contribution in [0.25, 0.3) is 0 Å². The first-order valence-electron chi connectivity index (χ1n) is 6.85. The van der Waals surface area contributed by atoms with Gasteiger partial charge in [-0.25, -0.2) is 0 Å². The van der Waals surface area contributed by atoms with E-state index in [0.29, 0.717) is 6.54 Å². The molecule has 1 unspecified atom stereocenters.